The lowest BCUT2D eigenvalue weighted by molar-refractivity contribution is 0.0547. The molecule has 2 aliphatic heterocycles. The molecule has 0 saturated carbocycles. The molecule has 2 fully saturated rings. The number of imidazole rings is 2. The highest BCUT2D eigenvalue weighted by Gasteiger charge is 2.36. The first-order valence-corrected chi connectivity index (χ1v) is 27.7. The fraction of sp³-hybridized carbons (Fsp3) is 0.375. The van der Waals surface area contributed by atoms with Gasteiger partial charge in [-0.05, 0) is 127 Å². The van der Waals surface area contributed by atoms with Crippen LogP contribution in [0.5, 0.6) is 11.5 Å². The Balaban J connectivity index is 0.000000172. The van der Waals surface area contributed by atoms with Crippen molar-refractivity contribution >= 4 is 43.9 Å². The van der Waals surface area contributed by atoms with E-state index in [1.165, 1.54) is 26.4 Å². The van der Waals surface area contributed by atoms with Crippen LogP contribution in [0.25, 0.3) is 66.4 Å². The fourth-order valence-electron chi connectivity index (χ4n) is 12.5. The van der Waals surface area contributed by atoms with E-state index in [1.54, 1.807) is 40.3 Å². The van der Waals surface area contributed by atoms with Crippen molar-refractivity contribution in [2.75, 3.05) is 40.6 Å². The predicted molar refractivity (Wildman–Crippen MR) is 308 cm³/mol. The first kappa shape index (κ1) is 56.2. The molecule has 0 aliphatic carbocycles. The van der Waals surface area contributed by atoms with Crippen LogP contribution in [0.1, 0.15) is 99.1 Å². The summed E-state index contributed by atoms with van der Waals surface area (Å²) in [4.78, 5) is 18.7. The molecule has 2 atom stereocenters. The van der Waals surface area contributed by atoms with E-state index in [9.17, 15) is 10.2 Å². The minimum absolute atomic E-state index is 0.0438. The monoisotopic (exact) mass is 1120 g/mol. The van der Waals surface area contributed by atoms with Crippen LogP contribution in [0.2, 0.25) is 0 Å². The lowest BCUT2D eigenvalue weighted by Crippen LogP contribution is -2.28. The van der Waals surface area contributed by atoms with Gasteiger partial charge in [0.1, 0.15) is 11.6 Å². The molecular formula is C64H68F4N8O6. The van der Waals surface area contributed by atoms with Gasteiger partial charge >= 0.3 is 0 Å². The Hall–Kier alpha value is -7.64. The Morgan fingerprint density at radius 3 is 1.23 bits per heavy atom. The summed E-state index contributed by atoms with van der Waals surface area (Å²) in [5, 5.41) is 23.6. The van der Waals surface area contributed by atoms with Crippen molar-refractivity contribution in [3.8, 4) is 34.0 Å². The van der Waals surface area contributed by atoms with E-state index in [1.807, 2.05) is 85.9 Å². The second-order valence-electron chi connectivity index (χ2n) is 22.9. The first-order chi connectivity index (χ1) is 39.2. The van der Waals surface area contributed by atoms with Gasteiger partial charge in [0, 0.05) is 98.1 Å². The van der Waals surface area contributed by atoms with Gasteiger partial charge in [-0.25, -0.2) is 27.5 Å². The standard InChI is InChI=1S/2C32H34F2N4O3/c2*1-18-30(37(4)17-36-18)20-12-27-29(35-16-20)22-7-6-21(32(2,3)39)13-26(22)38(27)31(19-8-10-41-11-9-19)23-14-25(34)28(40-5)15-24(23)33/h2*6-7,12-17,19,31,39H,8-11H2,1-5H3. The van der Waals surface area contributed by atoms with Crippen molar-refractivity contribution < 1.29 is 46.7 Å². The fourth-order valence-corrected chi connectivity index (χ4v) is 12.5. The third-order valence-electron chi connectivity index (χ3n) is 16.6. The van der Waals surface area contributed by atoms with E-state index >= 15 is 17.6 Å². The molecule has 4 aromatic carbocycles. The number of pyridine rings is 2. The number of ether oxygens (including phenoxy) is 4. The van der Waals surface area contributed by atoms with Crippen LogP contribution < -0.4 is 9.47 Å². The number of aliphatic hydroxyl groups is 2. The molecule has 10 aromatic rings. The van der Waals surface area contributed by atoms with Gasteiger partial charge in [0.2, 0.25) is 0 Å². The van der Waals surface area contributed by atoms with Gasteiger partial charge in [0.15, 0.2) is 23.1 Å². The maximum atomic E-state index is 15.9. The molecule has 2 unspecified atom stereocenters. The summed E-state index contributed by atoms with van der Waals surface area (Å²) in [6.07, 6.45) is 9.90. The van der Waals surface area contributed by atoms with Crippen molar-refractivity contribution in [1.82, 2.24) is 38.2 Å². The molecule has 0 amide bonds. The van der Waals surface area contributed by atoms with Gasteiger partial charge in [-0.15, -0.1) is 0 Å². The zero-order chi connectivity index (χ0) is 58.1. The highest BCUT2D eigenvalue weighted by Crippen LogP contribution is 2.46. The van der Waals surface area contributed by atoms with Gasteiger partial charge in [-0.3, -0.25) is 9.97 Å². The smallest absolute Gasteiger partial charge is 0.165 e. The predicted octanol–water partition coefficient (Wildman–Crippen LogP) is 12.9. The van der Waals surface area contributed by atoms with Crippen LogP contribution in [-0.4, -0.2) is 89.1 Å². The highest BCUT2D eigenvalue weighted by molar-refractivity contribution is 6.08. The number of hydrogen-bond donors (Lipinski definition) is 2. The number of aryl methyl sites for hydroxylation is 4. The third kappa shape index (κ3) is 10.2. The number of nitrogens with zero attached hydrogens (tertiary/aromatic N) is 8. The molecule has 8 heterocycles. The van der Waals surface area contributed by atoms with Crippen molar-refractivity contribution in [2.24, 2.45) is 25.9 Å². The van der Waals surface area contributed by atoms with Crippen LogP contribution in [0.3, 0.4) is 0 Å². The van der Waals surface area contributed by atoms with E-state index < -0.39 is 46.6 Å². The maximum Gasteiger partial charge on any atom is 0.165 e. The zero-order valence-electron chi connectivity index (χ0n) is 47.8. The van der Waals surface area contributed by atoms with Crippen molar-refractivity contribution in [3.05, 3.63) is 155 Å². The van der Waals surface area contributed by atoms with Crippen molar-refractivity contribution in [3.63, 3.8) is 0 Å². The molecule has 82 heavy (non-hydrogen) atoms. The molecule has 0 bridgehead atoms. The molecular weight excluding hydrogens is 1050 g/mol. The number of hydrogen-bond acceptors (Lipinski definition) is 10. The Morgan fingerprint density at radius 2 is 0.902 bits per heavy atom. The largest absolute Gasteiger partial charge is 0.494 e. The lowest BCUT2D eigenvalue weighted by Gasteiger charge is -2.33. The lowest BCUT2D eigenvalue weighted by atomic mass is 9.86. The zero-order valence-corrected chi connectivity index (χ0v) is 47.8. The number of benzene rings is 4. The summed E-state index contributed by atoms with van der Waals surface area (Å²) in [5.41, 5.74) is 9.68. The first-order valence-electron chi connectivity index (χ1n) is 27.7. The molecule has 6 aromatic heterocycles. The molecule has 2 saturated heterocycles. The number of aromatic nitrogens is 8. The number of fused-ring (bicyclic) bond motifs is 6. The summed E-state index contributed by atoms with van der Waals surface area (Å²) >= 11 is 0. The van der Waals surface area contributed by atoms with E-state index in [4.69, 9.17) is 28.9 Å². The van der Waals surface area contributed by atoms with Gasteiger partial charge < -0.3 is 47.4 Å². The number of rotatable bonds is 12. The summed E-state index contributed by atoms with van der Waals surface area (Å²) in [6, 6.07) is 19.3. The van der Waals surface area contributed by atoms with E-state index in [0.717, 1.165) is 89.9 Å². The van der Waals surface area contributed by atoms with Gasteiger partial charge in [-0.2, -0.15) is 0 Å². The minimum Gasteiger partial charge on any atom is -0.494 e. The Kier molecular flexibility index (Phi) is 15.0. The molecule has 12 rings (SSSR count). The molecule has 0 radical (unpaired) electrons. The maximum absolute atomic E-state index is 15.9. The second-order valence-corrected chi connectivity index (χ2v) is 22.9. The normalized spacial score (nSPS) is 15.6. The van der Waals surface area contributed by atoms with Crippen LogP contribution in [0, 0.1) is 49.0 Å². The summed E-state index contributed by atoms with van der Waals surface area (Å²) < 4.78 is 91.9. The molecule has 18 heteroatoms. The molecule has 428 valence electrons. The Labute approximate surface area is 472 Å². The quantitative estimate of drug-likeness (QED) is 0.113. The van der Waals surface area contributed by atoms with Crippen LogP contribution in [-0.2, 0) is 34.8 Å². The van der Waals surface area contributed by atoms with Crippen LogP contribution in [0.4, 0.5) is 17.6 Å². The molecule has 2 aliphatic rings. The summed E-state index contributed by atoms with van der Waals surface area (Å²) in [5.74, 6) is -2.69. The van der Waals surface area contributed by atoms with Crippen molar-refractivity contribution in [1.29, 1.82) is 0 Å². The van der Waals surface area contributed by atoms with E-state index in [-0.39, 0.29) is 34.5 Å². The van der Waals surface area contributed by atoms with E-state index in [0.29, 0.717) is 63.2 Å². The van der Waals surface area contributed by atoms with Crippen LogP contribution >= 0.6 is 0 Å². The SMILES string of the molecule is COc1cc(F)c(C(C2CCOCC2)n2c3cc(C(C)(C)O)ccc3c3ncc(-c4c(C)ncn4C)cc32)cc1F.COc1cc(F)c(C(C2CCOCC2)n2c3cc(C(C)(C)O)ccc3c3ncc(-c4c(C)ncn4C)cc32)cc1F. The average molecular weight is 1120 g/mol. The minimum atomic E-state index is -1.11. The summed E-state index contributed by atoms with van der Waals surface area (Å²) in [6.45, 7) is 13.0. The van der Waals surface area contributed by atoms with Gasteiger partial charge in [0.05, 0.1) is 106 Å². The Bertz CT molecular complexity index is 3750. The van der Waals surface area contributed by atoms with E-state index in [2.05, 4.69) is 31.2 Å². The van der Waals surface area contributed by atoms with Crippen molar-refractivity contribution in [2.45, 2.75) is 90.5 Å². The molecule has 2 N–H and O–H groups in total. The van der Waals surface area contributed by atoms with Gasteiger partial charge in [0.25, 0.3) is 0 Å². The summed E-state index contributed by atoms with van der Waals surface area (Å²) in [7, 11) is 6.52. The van der Waals surface area contributed by atoms with Crippen LogP contribution in [0.15, 0.2) is 97.8 Å². The Morgan fingerprint density at radius 1 is 0.524 bits per heavy atom. The highest BCUT2D eigenvalue weighted by atomic mass is 19.1. The second kappa shape index (κ2) is 21.9. The molecule has 14 nitrogen and oxygen atoms in total. The van der Waals surface area contributed by atoms with Gasteiger partial charge in [-0.1, -0.05) is 24.3 Å². The third-order valence-corrected chi connectivity index (χ3v) is 16.6. The molecule has 0 spiro atoms. The number of methoxy groups -OCH3 is 2. The average Bonchev–Trinajstić information content (AvgIpc) is 3.00. The number of halogens is 4. The topological polar surface area (TPSA) is 149 Å².